The number of rotatable bonds is 4. The number of likely N-dealkylation sites (tertiary alicyclic amines) is 1. The molecule has 2 saturated heterocycles. The van der Waals surface area contributed by atoms with Crippen LogP contribution in [0.25, 0.3) is 0 Å². The quantitative estimate of drug-likeness (QED) is 0.884. The standard InChI is InChI=1S/C22H29NO4/c24-20(14-15-5-6-16-3-1-2-4-18(16)13-15)23-10-7-17(8-11-23)21-19(22(25)26)9-12-27-21/h1-4,15,17,19,21H,5-14H2,(H,25,26)/t15?,19?,21-/m0/s1. The monoisotopic (exact) mass is 371 g/mol. The zero-order valence-electron chi connectivity index (χ0n) is 15.8. The van der Waals surface area contributed by atoms with Crippen molar-refractivity contribution in [3.8, 4) is 0 Å². The number of piperidine rings is 1. The Morgan fingerprint density at radius 3 is 2.56 bits per heavy atom. The molecule has 5 nitrogen and oxygen atoms in total. The summed E-state index contributed by atoms with van der Waals surface area (Å²) in [5.74, 6) is -0.146. The maximum atomic E-state index is 12.8. The first-order chi connectivity index (χ1) is 13.1. The number of benzene rings is 1. The molecule has 0 radical (unpaired) electrons. The summed E-state index contributed by atoms with van der Waals surface area (Å²) in [6, 6.07) is 8.58. The molecule has 27 heavy (non-hydrogen) atoms. The minimum absolute atomic E-state index is 0.172. The highest BCUT2D eigenvalue weighted by molar-refractivity contribution is 5.76. The predicted octanol–water partition coefficient (Wildman–Crippen LogP) is 2.91. The summed E-state index contributed by atoms with van der Waals surface area (Å²) in [6.45, 7) is 2.02. The molecule has 0 spiro atoms. The third kappa shape index (κ3) is 4.03. The number of amides is 1. The van der Waals surface area contributed by atoms with E-state index in [1.54, 1.807) is 0 Å². The second kappa shape index (κ2) is 8.01. The van der Waals surface area contributed by atoms with Gasteiger partial charge >= 0.3 is 5.97 Å². The summed E-state index contributed by atoms with van der Waals surface area (Å²) in [7, 11) is 0. The molecule has 2 fully saturated rings. The van der Waals surface area contributed by atoms with Gasteiger partial charge in [0.2, 0.25) is 5.91 Å². The largest absolute Gasteiger partial charge is 0.481 e. The molecule has 5 heteroatoms. The van der Waals surface area contributed by atoms with E-state index in [9.17, 15) is 14.7 Å². The van der Waals surface area contributed by atoms with Crippen molar-refractivity contribution in [2.24, 2.45) is 17.8 Å². The number of carbonyl (C=O) groups excluding carboxylic acids is 1. The molecular weight excluding hydrogens is 342 g/mol. The first-order valence-electron chi connectivity index (χ1n) is 10.3. The highest BCUT2D eigenvalue weighted by Crippen LogP contribution is 2.34. The third-order valence-corrected chi connectivity index (χ3v) is 6.72. The van der Waals surface area contributed by atoms with E-state index in [2.05, 4.69) is 24.3 Å². The molecule has 0 saturated carbocycles. The van der Waals surface area contributed by atoms with Gasteiger partial charge in [0.15, 0.2) is 0 Å². The summed E-state index contributed by atoms with van der Waals surface area (Å²) in [4.78, 5) is 26.2. The summed E-state index contributed by atoms with van der Waals surface area (Å²) < 4.78 is 5.73. The van der Waals surface area contributed by atoms with Gasteiger partial charge in [0.1, 0.15) is 0 Å². The van der Waals surface area contributed by atoms with Gasteiger partial charge in [-0.25, -0.2) is 0 Å². The SMILES string of the molecule is O=C(O)C1CCO[C@H]1C1CCN(C(=O)CC2CCc3ccccc3C2)CC1. The number of carboxylic acid groups (broad SMARTS) is 1. The van der Waals surface area contributed by atoms with E-state index in [0.29, 0.717) is 25.4 Å². The summed E-state index contributed by atoms with van der Waals surface area (Å²) >= 11 is 0. The van der Waals surface area contributed by atoms with E-state index < -0.39 is 5.97 Å². The van der Waals surface area contributed by atoms with Crippen molar-refractivity contribution < 1.29 is 19.4 Å². The van der Waals surface area contributed by atoms with Crippen LogP contribution in [-0.2, 0) is 27.2 Å². The number of hydrogen-bond donors (Lipinski definition) is 1. The Kier molecular flexibility index (Phi) is 5.48. The van der Waals surface area contributed by atoms with E-state index in [0.717, 1.165) is 45.2 Å². The minimum atomic E-state index is -0.742. The van der Waals surface area contributed by atoms with Crippen molar-refractivity contribution in [3.05, 3.63) is 35.4 Å². The fourth-order valence-corrected chi connectivity index (χ4v) is 5.14. The molecule has 2 unspecified atom stereocenters. The fourth-order valence-electron chi connectivity index (χ4n) is 5.14. The molecule has 0 aromatic heterocycles. The highest BCUT2D eigenvalue weighted by atomic mass is 16.5. The Balaban J connectivity index is 1.27. The lowest BCUT2D eigenvalue weighted by Crippen LogP contribution is -2.43. The lowest BCUT2D eigenvalue weighted by molar-refractivity contribution is -0.146. The highest BCUT2D eigenvalue weighted by Gasteiger charge is 2.40. The van der Waals surface area contributed by atoms with Crippen LogP contribution in [0, 0.1) is 17.8 Å². The Morgan fingerprint density at radius 2 is 1.81 bits per heavy atom. The molecule has 2 aliphatic heterocycles. The van der Waals surface area contributed by atoms with E-state index in [4.69, 9.17) is 4.74 Å². The lowest BCUT2D eigenvalue weighted by Gasteiger charge is -2.36. The zero-order valence-corrected chi connectivity index (χ0v) is 15.8. The molecule has 3 aliphatic rings. The van der Waals surface area contributed by atoms with E-state index >= 15 is 0 Å². The third-order valence-electron chi connectivity index (χ3n) is 6.72. The molecule has 1 amide bonds. The maximum Gasteiger partial charge on any atom is 0.309 e. The Morgan fingerprint density at radius 1 is 1.07 bits per heavy atom. The van der Waals surface area contributed by atoms with Crippen LogP contribution in [0.4, 0.5) is 0 Å². The number of aliphatic carboxylic acids is 1. The number of hydrogen-bond acceptors (Lipinski definition) is 3. The second-order valence-electron chi connectivity index (χ2n) is 8.37. The summed E-state index contributed by atoms with van der Waals surface area (Å²) in [5.41, 5.74) is 2.84. The van der Waals surface area contributed by atoms with Gasteiger partial charge in [-0.3, -0.25) is 9.59 Å². The van der Waals surface area contributed by atoms with Crippen LogP contribution in [0.5, 0.6) is 0 Å². The van der Waals surface area contributed by atoms with Crippen LogP contribution >= 0.6 is 0 Å². The van der Waals surface area contributed by atoms with Crippen LogP contribution in [0.3, 0.4) is 0 Å². The molecule has 1 aliphatic carbocycles. The van der Waals surface area contributed by atoms with Gasteiger partial charge in [-0.2, -0.15) is 0 Å². The van der Waals surface area contributed by atoms with Gasteiger partial charge in [0.05, 0.1) is 12.0 Å². The molecule has 146 valence electrons. The van der Waals surface area contributed by atoms with Crippen LogP contribution in [0.1, 0.15) is 43.2 Å². The van der Waals surface area contributed by atoms with Crippen LogP contribution < -0.4 is 0 Å². The smallest absolute Gasteiger partial charge is 0.309 e. The molecule has 2 heterocycles. The van der Waals surface area contributed by atoms with Crippen molar-refractivity contribution in [1.29, 1.82) is 0 Å². The summed E-state index contributed by atoms with van der Waals surface area (Å²) in [6.07, 6.45) is 5.96. The van der Waals surface area contributed by atoms with Crippen LogP contribution in [0.2, 0.25) is 0 Å². The fraction of sp³-hybridized carbons (Fsp3) is 0.636. The van der Waals surface area contributed by atoms with Gasteiger partial charge in [0, 0.05) is 26.1 Å². The molecule has 1 aromatic rings. The van der Waals surface area contributed by atoms with Gasteiger partial charge in [-0.15, -0.1) is 0 Å². The van der Waals surface area contributed by atoms with E-state index in [1.165, 1.54) is 11.1 Å². The number of nitrogens with zero attached hydrogens (tertiary/aromatic N) is 1. The first-order valence-corrected chi connectivity index (χ1v) is 10.3. The Labute approximate surface area is 160 Å². The van der Waals surface area contributed by atoms with Gasteiger partial charge in [-0.05, 0) is 61.5 Å². The number of carbonyl (C=O) groups is 2. The van der Waals surface area contributed by atoms with E-state index in [-0.39, 0.29) is 23.8 Å². The van der Waals surface area contributed by atoms with Crippen molar-refractivity contribution in [1.82, 2.24) is 4.90 Å². The van der Waals surface area contributed by atoms with Gasteiger partial charge in [-0.1, -0.05) is 24.3 Å². The molecular formula is C22H29NO4. The normalized spacial score (nSPS) is 28.7. The first kappa shape index (κ1) is 18.5. The average Bonchev–Trinajstić information content (AvgIpc) is 3.18. The maximum absolute atomic E-state index is 12.8. The number of fused-ring (bicyclic) bond motifs is 1. The zero-order chi connectivity index (χ0) is 18.8. The second-order valence-corrected chi connectivity index (χ2v) is 8.37. The van der Waals surface area contributed by atoms with E-state index in [1.807, 2.05) is 4.90 Å². The molecule has 1 N–H and O–H groups in total. The van der Waals surface area contributed by atoms with Gasteiger partial charge in [0.25, 0.3) is 0 Å². The Hall–Kier alpha value is -1.88. The van der Waals surface area contributed by atoms with Crippen molar-refractivity contribution >= 4 is 11.9 Å². The number of carboxylic acids is 1. The minimum Gasteiger partial charge on any atom is -0.481 e. The summed E-state index contributed by atoms with van der Waals surface area (Å²) in [5, 5.41) is 9.36. The molecule has 4 rings (SSSR count). The van der Waals surface area contributed by atoms with Crippen molar-refractivity contribution in [3.63, 3.8) is 0 Å². The number of aryl methyl sites for hydroxylation is 1. The predicted molar refractivity (Wildman–Crippen MR) is 101 cm³/mol. The van der Waals surface area contributed by atoms with Crippen LogP contribution in [-0.4, -0.2) is 47.7 Å². The van der Waals surface area contributed by atoms with Crippen molar-refractivity contribution in [2.45, 2.75) is 51.0 Å². The molecule has 3 atom stereocenters. The Bertz CT molecular complexity index is 695. The van der Waals surface area contributed by atoms with Crippen LogP contribution in [0.15, 0.2) is 24.3 Å². The topological polar surface area (TPSA) is 66.8 Å². The average molecular weight is 371 g/mol. The lowest BCUT2D eigenvalue weighted by atomic mass is 9.81. The molecule has 1 aromatic carbocycles. The van der Waals surface area contributed by atoms with Crippen molar-refractivity contribution in [2.75, 3.05) is 19.7 Å². The number of ether oxygens (including phenoxy) is 1. The molecule has 0 bridgehead atoms. The van der Waals surface area contributed by atoms with Gasteiger partial charge < -0.3 is 14.7 Å².